The Morgan fingerprint density at radius 2 is 1.96 bits per heavy atom. The Kier molecular flexibility index (Phi) is 4.78. The van der Waals surface area contributed by atoms with E-state index in [-0.39, 0.29) is 11.3 Å². The number of nitrogens with zero attached hydrogens (tertiary/aromatic N) is 2. The third kappa shape index (κ3) is 4.37. The first-order valence-corrected chi connectivity index (χ1v) is 8.92. The first-order valence-electron chi connectivity index (χ1n) is 7.66. The van der Waals surface area contributed by atoms with Crippen molar-refractivity contribution in [2.24, 2.45) is 0 Å². The zero-order valence-corrected chi connectivity index (χ0v) is 15.6. The van der Waals surface area contributed by atoms with Crippen LogP contribution >= 0.6 is 22.9 Å². The van der Waals surface area contributed by atoms with Gasteiger partial charge in [-0.1, -0.05) is 32.4 Å². The summed E-state index contributed by atoms with van der Waals surface area (Å²) in [6, 6.07) is 9.10. The van der Waals surface area contributed by atoms with Crippen LogP contribution in [0.2, 0.25) is 5.02 Å². The number of nitrogens with one attached hydrogen (secondary N) is 3. The number of benzene rings is 1. The summed E-state index contributed by atoms with van der Waals surface area (Å²) in [5, 5.41) is 15.9. The van der Waals surface area contributed by atoms with Gasteiger partial charge in [-0.15, -0.1) is 11.3 Å². The summed E-state index contributed by atoms with van der Waals surface area (Å²) >= 11 is 7.22. The van der Waals surface area contributed by atoms with E-state index in [0.29, 0.717) is 21.7 Å². The van der Waals surface area contributed by atoms with Gasteiger partial charge in [-0.2, -0.15) is 5.10 Å². The molecule has 1 amide bonds. The lowest BCUT2D eigenvalue weighted by Crippen LogP contribution is -2.13. The average Bonchev–Trinajstić information content (AvgIpc) is 3.18. The number of thiazole rings is 1. The van der Waals surface area contributed by atoms with Crippen molar-refractivity contribution in [1.29, 1.82) is 0 Å². The maximum Gasteiger partial charge on any atom is 0.276 e. The Hall–Kier alpha value is -2.38. The molecule has 25 heavy (non-hydrogen) atoms. The van der Waals surface area contributed by atoms with Crippen molar-refractivity contribution in [3.63, 3.8) is 0 Å². The number of aromatic amines is 1. The standard InChI is InChI=1S/C17H18ClN5OS/c1-17(2,3)13-8-14(23-22-13)21-15(24)12-9-25-16(20-12)19-11-6-4-10(18)5-7-11/h4-9H,1-3H3,(H,19,20)(H2,21,22,23,24). The van der Waals surface area contributed by atoms with E-state index >= 15 is 0 Å². The van der Waals surface area contributed by atoms with Gasteiger partial charge in [-0.25, -0.2) is 4.98 Å². The van der Waals surface area contributed by atoms with Gasteiger partial charge in [-0.3, -0.25) is 9.89 Å². The molecule has 0 fully saturated rings. The van der Waals surface area contributed by atoms with Gasteiger partial charge in [-0.05, 0) is 24.3 Å². The first-order chi connectivity index (χ1) is 11.8. The number of amides is 1. The first kappa shape index (κ1) is 17.4. The van der Waals surface area contributed by atoms with Gasteiger partial charge in [0.1, 0.15) is 5.69 Å². The van der Waals surface area contributed by atoms with Crippen molar-refractivity contribution in [3.8, 4) is 0 Å². The predicted octanol–water partition coefficient (Wildman–Crippen LogP) is 4.81. The monoisotopic (exact) mass is 375 g/mol. The zero-order chi connectivity index (χ0) is 18.0. The predicted molar refractivity (Wildman–Crippen MR) is 102 cm³/mol. The summed E-state index contributed by atoms with van der Waals surface area (Å²) in [5.74, 6) is 0.183. The number of carbonyl (C=O) groups is 1. The van der Waals surface area contributed by atoms with Crippen LogP contribution in [0.5, 0.6) is 0 Å². The lowest BCUT2D eigenvalue weighted by molar-refractivity contribution is 0.102. The SMILES string of the molecule is CC(C)(C)c1cc(NC(=O)c2csc(Nc3ccc(Cl)cc3)n2)n[nH]1. The summed E-state index contributed by atoms with van der Waals surface area (Å²) in [4.78, 5) is 16.6. The maximum absolute atomic E-state index is 12.3. The van der Waals surface area contributed by atoms with Crippen molar-refractivity contribution in [2.45, 2.75) is 26.2 Å². The van der Waals surface area contributed by atoms with Crippen LogP contribution < -0.4 is 10.6 Å². The molecule has 1 aromatic carbocycles. The highest BCUT2D eigenvalue weighted by atomic mass is 35.5. The largest absolute Gasteiger partial charge is 0.332 e. The molecule has 2 aromatic heterocycles. The van der Waals surface area contributed by atoms with E-state index in [9.17, 15) is 4.79 Å². The number of aromatic nitrogens is 3. The van der Waals surface area contributed by atoms with Gasteiger partial charge in [0.25, 0.3) is 5.91 Å². The summed E-state index contributed by atoms with van der Waals surface area (Å²) in [6.45, 7) is 6.21. The Morgan fingerprint density at radius 1 is 1.24 bits per heavy atom. The van der Waals surface area contributed by atoms with E-state index in [2.05, 4.69) is 46.6 Å². The number of rotatable bonds is 4. The van der Waals surface area contributed by atoms with Crippen LogP contribution in [0.25, 0.3) is 0 Å². The number of anilines is 3. The van der Waals surface area contributed by atoms with Crippen LogP contribution in [-0.2, 0) is 5.41 Å². The van der Waals surface area contributed by atoms with Crippen LogP contribution in [0.1, 0.15) is 37.0 Å². The molecule has 0 unspecified atom stereocenters. The molecule has 0 aliphatic heterocycles. The number of hydrogen-bond acceptors (Lipinski definition) is 5. The van der Waals surface area contributed by atoms with E-state index < -0.39 is 0 Å². The molecule has 2 heterocycles. The van der Waals surface area contributed by atoms with E-state index in [1.165, 1.54) is 11.3 Å². The molecular formula is C17H18ClN5OS. The third-order valence-corrected chi connectivity index (χ3v) is 4.47. The van der Waals surface area contributed by atoms with Gasteiger partial charge in [0, 0.05) is 33.3 Å². The smallest absolute Gasteiger partial charge is 0.276 e. The van der Waals surface area contributed by atoms with Crippen LogP contribution in [0.15, 0.2) is 35.7 Å². The summed E-state index contributed by atoms with van der Waals surface area (Å²) < 4.78 is 0. The normalized spacial score (nSPS) is 11.4. The van der Waals surface area contributed by atoms with Gasteiger partial charge >= 0.3 is 0 Å². The second-order valence-electron chi connectivity index (χ2n) is 6.54. The molecule has 3 rings (SSSR count). The highest BCUT2D eigenvalue weighted by Gasteiger charge is 2.18. The molecule has 0 bridgehead atoms. The minimum Gasteiger partial charge on any atom is -0.332 e. The maximum atomic E-state index is 12.3. The van der Waals surface area contributed by atoms with E-state index in [1.807, 2.05) is 18.2 Å². The van der Waals surface area contributed by atoms with Gasteiger partial charge in [0.15, 0.2) is 10.9 Å². The van der Waals surface area contributed by atoms with E-state index in [4.69, 9.17) is 11.6 Å². The number of carbonyl (C=O) groups excluding carboxylic acids is 1. The molecular weight excluding hydrogens is 358 g/mol. The Balaban J connectivity index is 1.66. The minimum absolute atomic E-state index is 0.0632. The molecule has 130 valence electrons. The quantitative estimate of drug-likeness (QED) is 0.610. The van der Waals surface area contributed by atoms with Gasteiger partial charge in [0.05, 0.1) is 0 Å². The van der Waals surface area contributed by atoms with Crippen LogP contribution in [0.4, 0.5) is 16.6 Å². The molecule has 0 aliphatic carbocycles. The van der Waals surface area contributed by atoms with Crippen LogP contribution in [-0.4, -0.2) is 21.1 Å². The van der Waals surface area contributed by atoms with Crippen molar-refractivity contribution < 1.29 is 4.79 Å². The topological polar surface area (TPSA) is 82.7 Å². The summed E-state index contributed by atoms with van der Waals surface area (Å²) in [5.41, 5.74) is 2.08. The van der Waals surface area contributed by atoms with Crippen molar-refractivity contribution >= 4 is 45.5 Å². The molecule has 8 heteroatoms. The number of hydrogen-bond donors (Lipinski definition) is 3. The van der Waals surface area contributed by atoms with Crippen molar-refractivity contribution in [3.05, 3.63) is 52.1 Å². The van der Waals surface area contributed by atoms with Crippen LogP contribution in [0, 0.1) is 0 Å². The molecule has 0 aliphatic rings. The lowest BCUT2D eigenvalue weighted by Gasteiger charge is -2.14. The summed E-state index contributed by atoms with van der Waals surface area (Å²) in [7, 11) is 0. The molecule has 3 aromatic rings. The molecule has 3 N–H and O–H groups in total. The molecule has 0 saturated carbocycles. The van der Waals surface area contributed by atoms with Crippen molar-refractivity contribution in [1.82, 2.24) is 15.2 Å². The highest BCUT2D eigenvalue weighted by Crippen LogP contribution is 2.24. The lowest BCUT2D eigenvalue weighted by atomic mass is 9.92. The fraction of sp³-hybridized carbons (Fsp3) is 0.235. The third-order valence-electron chi connectivity index (χ3n) is 3.46. The van der Waals surface area contributed by atoms with Gasteiger partial charge < -0.3 is 10.6 Å². The number of halogens is 1. The molecule has 0 spiro atoms. The second-order valence-corrected chi connectivity index (χ2v) is 7.84. The fourth-order valence-electron chi connectivity index (χ4n) is 2.04. The molecule has 0 radical (unpaired) electrons. The molecule has 6 nitrogen and oxygen atoms in total. The Morgan fingerprint density at radius 3 is 2.60 bits per heavy atom. The zero-order valence-electron chi connectivity index (χ0n) is 14.1. The van der Waals surface area contributed by atoms with Crippen molar-refractivity contribution in [2.75, 3.05) is 10.6 Å². The van der Waals surface area contributed by atoms with E-state index in [1.54, 1.807) is 17.5 Å². The molecule has 0 atom stereocenters. The van der Waals surface area contributed by atoms with E-state index in [0.717, 1.165) is 11.4 Å². The average molecular weight is 376 g/mol. The summed E-state index contributed by atoms with van der Waals surface area (Å²) in [6.07, 6.45) is 0. The Labute approximate surface area is 154 Å². The number of H-pyrrole nitrogens is 1. The van der Waals surface area contributed by atoms with Crippen LogP contribution in [0.3, 0.4) is 0 Å². The Bertz CT molecular complexity index is 879. The van der Waals surface area contributed by atoms with Gasteiger partial charge in [0.2, 0.25) is 0 Å². The molecule has 0 saturated heterocycles. The second kappa shape index (κ2) is 6.85. The highest BCUT2D eigenvalue weighted by molar-refractivity contribution is 7.14. The fourth-order valence-corrected chi connectivity index (χ4v) is 2.88. The minimum atomic E-state index is -0.299.